The summed E-state index contributed by atoms with van der Waals surface area (Å²) >= 11 is 0. The van der Waals surface area contributed by atoms with Crippen LogP contribution < -0.4 is 5.32 Å². The summed E-state index contributed by atoms with van der Waals surface area (Å²) in [5.74, 6) is 0.265. The monoisotopic (exact) mass is 295 g/mol. The number of nitrogens with one attached hydrogen (secondary N) is 1. The first kappa shape index (κ1) is 16.3. The minimum Gasteiger partial charge on any atom is -0.352 e. The molecule has 2 aliphatic rings. The van der Waals surface area contributed by atoms with Gasteiger partial charge in [0.05, 0.1) is 6.54 Å². The van der Waals surface area contributed by atoms with Crippen LogP contribution in [0, 0.1) is 0 Å². The Balaban J connectivity index is 1.68. The van der Waals surface area contributed by atoms with E-state index in [9.17, 15) is 9.59 Å². The summed E-state index contributed by atoms with van der Waals surface area (Å²) in [6.45, 7) is 3.63. The maximum Gasteiger partial charge on any atom is 0.234 e. The molecule has 0 unspecified atom stereocenters. The van der Waals surface area contributed by atoms with Gasteiger partial charge in [-0.25, -0.2) is 0 Å². The number of nitrogens with zero attached hydrogens (tertiary/aromatic N) is 2. The Labute approximate surface area is 128 Å². The lowest BCUT2D eigenvalue weighted by molar-refractivity contribution is -0.130. The number of piperidine rings is 1. The van der Waals surface area contributed by atoms with Gasteiger partial charge >= 0.3 is 0 Å². The molecular formula is C16H29N3O2. The zero-order valence-corrected chi connectivity index (χ0v) is 13.4. The summed E-state index contributed by atoms with van der Waals surface area (Å²) in [6.07, 6.45) is 8.12. The topological polar surface area (TPSA) is 52.7 Å². The number of rotatable bonds is 4. The highest BCUT2D eigenvalue weighted by Crippen LogP contribution is 2.21. The first-order chi connectivity index (χ1) is 10.1. The number of likely N-dealkylation sites (tertiary alicyclic amines) is 1. The van der Waals surface area contributed by atoms with Gasteiger partial charge in [0, 0.05) is 32.1 Å². The minimum absolute atomic E-state index is 0.129. The van der Waals surface area contributed by atoms with Gasteiger partial charge in [-0.15, -0.1) is 0 Å². The van der Waals surface area contributed by atoms with Crippen LogP contribution in [0.1, 0.15) is 51.9 Å². The van der Waals surface area contributed by atoms with E-state index in [1.807, 2.05) is 4.90 Å². The summed E-state index contributed by atoms with van der Waals surface area (Å²) in [6, 6.07) is 0.803. The van der Waals surface area contributed by atoms with E-state index in [4.69, 9.17) is 0 Å². The van der Waals surface area contributed by atoms with Gasteiger partial charge in [0.25, 0.3) is 0 Å². The van der Waals surface area contributed by atoms with E-state index in [0.29, 0.717) is 12.6 Å². The van der Waals surface area contributed by atoms with Crippen LogP contribution in [0.15, 0.2) is 0 Å². The Morgan fingerprint density at radius 1 is 1.10 bits per heavy atom. The largest absolute Gasteiger partial charge is 0.352 e. The van der Waals surface area contributed by atoms with Crippen LogP contribution >= 0.6 is 0 Å². The molecule has 0 radical (unpaired) electrons. The molecule has 5 nitrogen and oxygen atoms in total. The molecule has 0 aromatic heterocycles. The van der Waals surface area contributed by atoms with Crippen molar-refractivity contribution in [3.05, 3.63) is 0 Å². The Hall–Kier alpha value is -1.10. The normalized spacial score (nSPS) is 21.6. The van der Waals surface area contributed by atoms with Crippen LogP contribution in [0.4, 0.5) is 0 Å². The SMILES string of the molecule is CC(=O)N1CCC(NC(=O)CN(C)C2CCCCC2)CC1. The van der Waals surface area contributed by atoms with Gasteiger partial charge in [-0.05, 0) is 32.7 Å². The summed E-state index contributed by atoms with van der Waals surface area (Å²) < 4.78 is 0. The van der Waals surface area contributed by atoms with Gasteiger partial charge in [0.2, 0.25) is 11.8 Å². The molecule has 1 aliphatic carbocycles. The van der Waals surface area contributed by atoms with Gasteiger partial charge in [-0.2, -0.15) is 0 Å². The van der Waals surface area contributed by atoms with Crippen LogP contribution in [-0.4, -0.2) is 60.4 Å². The summed E-state index contributed by atoms with van der Waals surface area (Å²) in [5.41, 5.74) is 0. The van der Waals surface area contributed by atoms with E-state index in [2.05, 4.69) is 17.3 Å². The van der Waals surface area contributed by atoms with Crippen molar-refractivity contribution in [3.63, 3.8) is 0 Å². The molecule has 2 amide bonds. The van der Waals surface area contributed by atoms with Crippen LogP contribution in [0.3, 0.4) is 0 Å². The lowest BCUT2D eigenvalue weighted by Crippen LogP contribution is -2.49. The van der Waals surface area contributed by atoms with E-state index in [1.54, 1.807) is 6.92 Å². The van der Waals surface area contributed by atoms with E-state index >= 15 is 0 Å². The smallest absolute Gasteiger partial charge is 0.234 e. The Morgan fingerprint density at radius 2 is 1.71 bits per heavy atom. The van der Waals surface area contributed by atoms with Gasteiger partial charge in [0.15, 0.2) is 0 Å². The van der Waals surface area contributed by atoms with Crippen molar-refractivity contribution in [2.45, 2.75) is 64.0 Å². The van der Waals surface area contributed by atoms with E-state index in [1.165, 1.54) is 32.1 Å². The molecule has 0 bridgehead atoms. The van der Waals surface area contributed by atoms with E-state index < -0.39 is 0 Å². The lowest BCUT2D eigenvalue weighted by Gasteiger charge is -2.33. The summed E-state index contributed by atoms with van der Waals surface area (Å²) in [5, 5.41) is 3.13. The highest BCUT2D eigenvalue weighted by atomic mass is 16.2. The molecule has 1 aliphatic heterocycles. The van der Waals surface area contributed by atoms with Crippen molar-refractivity contribution in [3.8, 4) is 0 Å². The molecule has 0 aromatic carbocycles. The fourth-order valence-electron chi connectivity index (χ4n) is 3.49. The van der Waals surface area contributed by atoms with E-state index in [0.717, 1.165) is 25.9 Å². The van der Waals surface area contributed by atoms with Crippen molar-refractivity contribution in [2.75, 3.05) is 26.7 Å². The van der Waals surface area contributed by atoms with Gasteiger partial charge in [0.1, 0.15) is 0 Å². The number of hydrogen-bond donors (Lipinski definition) is 1. The predicted octanol–water partition coefficient (Wildman–Crippen LogP) is 1.38. The second-order valence-corrected chi connectivity index (χ2v) is 6.55. The molecule has 1 saturated heterocycles. The Bertz CT molecular complexity index is 359. The third-order valence-corrected chi connectivity index (χ3v) is 4.90. The van der Waals surface area contributed by atoms with Gasteiger partial charge < -0.3 is 10.2 Å². The second kappa shape index (κ2) is 7.78. The van der Waals surface area contributed by atoms with E-state index in [-0.39, 0.29) is 17.9 Å². The maximum atomic E-state index is 12.1. The second-order valence-electron chi connectivity index (χ2n) is 6.55. The van der Waals surface area contributed by atoms with Crippen molar-refractivity contribution in [1.29, 1.82) is 0 Å². The van der Waals surface area contributed by atoms with Crippen LogP contribution in [0.5, 0.6) is 0 Å². The third kappa shape index (κ3) is 4.99. The first-order valence-electron chi connectivity index (χ1n) is 8.31. The van der Waals surface area contributed by atoms with Crippen molar-refractivity contribution in [2.24, 2.45) is 0 Å². The summed E-state index contributed by atoms with van der Waals surface area (Å²) in [4.78, 5) is 27.5. The van der Waals surface area contributed by atoms with Crippen molar-refractivity contribution in [1.82, 2.24) is 15.1 Å². The molecule has 1 saturated carbocycles. The minimum atomic E-state index is 0.129. The average Bonchev–Trinajstić information content (AvgIpc) is 2.48. The highest BCUT2D eigenvalue weighted by molar-refractivity contribution is 5.78. The average molecular weight is 295 g/mol. The fourth-order valence-corrected chi connectivity index (χ4v) is 3.49. The van der Waals surface area contributed by atoms with Gasteiger partial charge in [-0.3, -0.25) is 14.5 Å². The lowest BCUT2D eigenvalue weighted by atomic mass is 9.94. The molecule has 0 aromatic rings. The molecular weight excluding hydrogens is 266 g/mol. The number of carbonyl (C=O) groups excluding carboxylic acids is 2. The molecule has 2 rings (SSSR count). The summed E-state index contributed by atoms with van der Waals surface area (Å²) in [7, 11) is 2.06. The molecule has 1 heterocycles. The molecule has 0 spiro atoms. The van der Waals surface area contributed by atoms with Crippen LogP contribution in [-0.2, 0) is 9.59 Å². The fraction of sp³-hybridized carbons (Fsp3) is 0.875. The molecule has 1 N–H and O–H groups in total. The molecule has 0 atom stereocenters. The predicted molar refractivity (Wildman–Crippen MR) is 82.9 cm³/mol. The van der Waals surface area contributed by atoms with Crippen LogP contribution in [0.2, 0.25) is 0 Å². The number of amides is 2. The zero-order chi connectivity index (χ0) is 15.2. The van der Waals surface area contributed by atoms with Crippen molar-refractivity contribution >= 4 is 11.8 Å². The standard InChI is InChI=1S/C16H29N3O2/c1-13(20)19-10-8-14(9-11-19)17-16(21)12-18(2)15-6-4-3-5-7-15/h14-15H,3-12H2,1-2H3,(H,17,21). The third-order valence-electron chi connectivity index (χ3n) is 4.90. The van der Waals surface area contributed by atoms with Gasteiger partial charge in [-0.1, -0.05) is 19.3 Å². The number of carbonyl (C=O) groups is 2. The Morgan fingerprint density at radius 3 is 2.29 bits per heavy atom. The molecule has 120 valence electrons. The first-order valence-corrected chi connectivity index (χ1v) is 8.31. The quantitative estimate of drug-likeness (QED) is 0.852. The molecule has 2 fully saturated rings. The molecule has 5 heteroatoms. The maximum absolute atomic E-state index is 12.1. The number of likely N-dealkylation sites (N-methyl/N-ethyl adjacent to an activating group) is 1. The molecule has 21 heavy (non-hydrogen) atoms. The van der Waals surface area contributed by atoms with Crippen LogP contribution in [0.25, 0.3) is 0 Å². The zero-order valence-electron chi connectivity index (χ0n) is 13.4. The Kier molecular flexibility index (Phi) is 6.03. The number of hydrogen-bond acceptors (Lipinski definition) is 3. The highest BCUT2D eigenvalue weighted by Gasteiger charge is 2.24. The van der Waals surface area contributed by atoms with Crippen molar-refractivity contribution < 1.29 is 9.59 Å².